The Labute approximate surface area is 117 Å². The number of rotatable bonds is 8. The fourth-order valence-corrected chi connectivity index (χ4v) is 1.54. The van der Waals surface area contributed by atoms with E-state index in [1.54, 1.807) is 24.3 Å². The second-order valence-electron chi connectivity index (χ2n) is 4.23. The molecule has 3 N–H and O–H groups in total. The van der Waals surface area contributed by atoms with Gasteiger partial charge in [0.25, 0.3) is 0 Å². The minimum atomic E-state index is -0.814. The number of nitriles is 1. The number of benzene rings is 1. The summed E-state index contributed by atoms with van der Waals surface area (Å²) in [7, 11) is 0. The number of nitrogens with zero attached hydrogens (tertiary/aromatic N) is 1. The lowest BCUT2D eigenvalue weighted by atomic mass is 10.2. The van der Waals surface area contributed by atoms with Gasteiger partial charge in [0.05, 0.1) is 11.6 Å². The summed E-state index contributed by atoms with van der Waals surface area (Å²) in [4.78, 5) is 21.9. The van der Waals surface area contributed by atoms with Crippen LogP contribution in [0.2, 0.25) is 0 Å². The van der Waals surface area contributed by atoms with Gasteiger partial charge in [-0.2, -0.15) is 5.26 Å². The van der Waals surface area contributed by atoms with Crippen molar-refractivity contribution in [3.8, 4) is 6.07 Å². The normalized spacial score (nSPS) is 9.75. The molecule has 0 aliphatic rings. The Bertz CT molecular complexity index is 491. The minimum Gasteiger partial charge on any atom is -0.481 e. The third kappa shape index (κ3) is 6.52. The van der Waals surface area contributed by atoms with Crippen LogP contribution in [0.4, 0.5) is 5.69 Å². The third-order valence-electron chi connectivity index (χ3n) is 2.57. The maximum absolute atomic E-state index is 11.6. The first-order chi connectivity index (χ1) is 9.61. The molecule has 0 saturated heterocycles. The zero-order valence-electron chi connectivity index (χ0n) is 11.1. The van der Waals surface area contributed by atoms with Crippen LogP contribution in [0.3, 0.4) is 0 Å². The van der Waals surface area contributed by atoms with E-state index in [4.69, 9.17) is 10.4 Å². The first kappa shape index (κ1) is 15.7. The lowest BCUT2D eigenvalue weighted by Crippen LogP contribution is -2.23. The number of carbonyl (C=O) groups is 2. The molecule has 0 aromatic heterocycles. The van der Waals surface area contributed by atoms with Crippen molar-refractivity contribution in [3.63, 3.8) is 0 Å². The number of carboxylic acids is 1. The molecule has 0 radical (unpaired) electrons. The first-order valence-electron chi connectivity index (χ1n) is 6.34. The van der Waals surface area contributed by atoms with Crippen molar-refractivity contribution >= 4 is 17.6 Å². The van der Waals surface area contributed by atoms with Crippen molar-refractivity contribution in [1.29, 1.82) is 5.26 Å². The lowest BCUT2D eigenvalue weighted by molar-refractivity contribution is -0.137. The number of carbonyl (C=O) groups excluding carboxylic acids is 1. The highest BCUT2D eigenvalue weighted by atomic mass is 16.4. The summed E-state index contributed by atoms with van der Waals surface area (Å²) in [5.41, 5.74) is 1.20. The van der Waals surface area contributed by atoms with E-state index >= 15 is 0 Å². The summed E-state index contributed by atoms with van der Waals surface area (Å²) < 4.78 is 0. The predicted octanol–water partition coefficient (Wildman–Crippen LogP) is 1.34. The molecule has 1 amide bonds. The molecule has 6 heteroatoms. The molecule has 1 rings (SSSR count). The lowest BCUT2D eigenvalue weighted by Gasteiger charge is -2.06. The van der Waals surface area contributed by atoms with Gasteiger partial charge in [-0.25, -0.2) is 0 Å². The van der Waals surface area contributed by atoms with Crippen LogP contribution in [0.1, 0.15) is 24.8 Å². The van der Waals surface area contributed by atoms with E-state index in [-0.39, 0.29) is 12.3 Å². The van der Waals surface area contributed by atoms with Crippen LogP contribution in [0.5, 0.6) is 0 Å². The molecule has 0 fully saturated rings. The molecule has 106 valence electrons. The zero-order chi connectivity index (χ0) is 14.8. The topological polar surface area (TPSA) is 102 Å². The van der Waals surface area contributed by atoms with E-state index in [1.807, 2.05) is 6.07 Å². The number of nitrogens with one attached hydrogen (secondary N) is 2. The van der Waals surface area contributed by atoms with Crippen molar-refractivity contribution in [2.75, 3.05) is 18.4 Å². The van der Waals surface area contributed by atoms with E-state index in [1.165, 1.54) is 0 Å². The summed E-state index contributed by atoms with van der Waals surface area (Å²) in [5, 5.41) is 22.8. The van der Waals surface area contributed by atoms with E-state index < -0.39 is 5.97 Å². The maximum Gasteiger partial charge on any atom is 0.303 e. The van der Waals surface area contributed by atoms with Gasteiger partial charge < -0.3 is 15.7 Å². The van der Waals surface area contributed by atoms with Crippen molar-refractivity contribution in [3.05, 3.63) is 29.8 Å². The highest BCUT2D eigenvalue weighted by molar-refractivity contribution is 5.90. The van der Waals surface area contributed by atoms with Gasteiger partial charge in [-0.15, -0.1) is 0 Å². The third-order valence-corrected chi connectivity index (χ3v) is 2.57. The molecule has 0 spiro atoms. The Morgan fingerprint density at radius 3 is 2.45 bits per heavy atom. The van der Waals surface area contributed by atoms with Crippen LogP contribution >= 0.6 is 0 Å². The monoisotopic (exact) mass is 275 g/mol. The molecule has 0 aliphatic heterocycles. The molecule has 0 aliphatic carbocycles. The second kappa shape index (κ2) is 8.67. The van der Waals surface area contributed by atoms with Gasteiger partial charge in [-0.1, -0.05) is 0 Å². The van der Waals surface area contributed by atoms with E-state index in [2.05, 4.69) is 10.6 Å². The first-order valence-corrected chi connectivity index (χ1v) is 6.34. The maximum atomic E-state index is 11.6. The number of amides is 1. The minimum absolute atomic E-state index is 0.125. The highest BCUT2D eigenvalue weighted by Gasteiger charge is 2.02. The van der Waals surface area contributed by atoms with Crippen molar-refractivity contribution in [2.45, 2.75) is 19.3 Å². The van der Waals surface area contributed by atoms with Crippen molar-refractivity contribution in [2.24, 2.45) is 0 Å². The Morgan fingerprint density at radius 2 is 1.85 bits per heavy atom. The molecule has 0 unspecified atom stereocenters. The molecule has 1 aromatic carbocycles. The zero-order valence-corrected chi connectivity index (χ0v) is 11.1. The number of hydrogen-bond donors (Lipinski definition) is 3. The van der Waals surface area contributed by atoms with Gasteiger partial charge in [0, 0.05) is 25.1 Å². The van der Waals surface area contributed by atoms with Crippen molar-refractivity contribution < 1.29 is 14.7 Å². The standard InChI is InChI=1S/C14H17N3O3/c15-10-11-3-5-12(6-4-11)17-13(18)7-9-16-8-1-2-14(19)20/h3-6,16H,1-2,7-9H2,(H,17,18)(H,19,20). The van der Waals surface area contributed by atoms with E-state index in [0.717, 1.165) is 0 Å². The fourth-order valence-electron chi connectivity index (χ4n) is 1.54. The Morgan fingerprint density at radius 1 is 1.15 bits per heavy atom. The Hall–Kier alpha value is -2.39. The number of anilines is 1. The summed E-state index contributed by atoms with van der Waals surface area (Å²) in [6.45, 7) is 1.08. The van der Waals surface area contributed by atoms with Crippen molar-refractivity contribution in [1.82, 2.24) is 5.32 Å². The van der Waals surface area contributed by atoms with Gasteiger partial charge in [-0.05, 0) is 37.2 Å². The quantitative estimate of drug-likeness (QED) is 0.621. The molecule has 0 atom stereocenters. The van der Waals surface area contributed by atoms with Gasteiger partial charge in [0.1, 0.15) is 0 Å². The Balaban J connectivity index is 2.17. The van der Waals surface area contributed by atoms with Gasteiger partial charge in [0.2, 0.25) is 5.91 Å². The average Bonchev–Trinajstić information content (AvgIpc) is 2.43. The van der Waals surface area contributed by atoms with Gasteiger partial charge >= 0.3 is 5.97 Å². The van der Waals surface area contributed by atoms with Crippen LogP contribution in [-0.2, 0) is 9.59 Å². The number of carboxylic acid groups (broad SMARTS) is 1. The smallest absolute Gasteiger partial charge is 0.303 e. The molecule has 1 aromatic rings. The largest absolute Gasteiger partial charge is 0.481 e. The highest BCUT2D eigenvalue weighted by Crippen LogP contribution is 2.08. The number of aliphatic carboxylic acids is 1. The fraction of sp³-hybridized carbons (Fsp3) is 0.357. The summed E-state index contributed by atoms with van der Waals surface area (Å²) in [6.07, 6.45) is 0.990. The molecular weight excluding hydrogens is 258 g/mol. The summed E-state index contributed by atoms with van der Waals surface area (Å²) in [6, 6.07) is 8.64. The van der Waals surface area contributed by atoms with Crippen LogP contribution in [0.25, 0.3) is 0 Å². The van der Waals surface area contributed by atoms with E-state index in [9.17, 15) is 9.59 Å². The van der Waals surface area contributed by atoms with Gasteiger partial charge in [-0.3, -0.25) is 9.59 Å². The average molecular weight is 275 g/mol. The molecular formula is C14H17N3O3. The summed E-state index contributed by atoms with van der Waals surface area (Å²) in [5.74, 6) is -0.939. The molecule has 20 heavy (non-hydrogen) atoms. The molecule has 0 bridgehead atoms. The van der Waals surface area contributed by atoms with Crippen LogP contribution in [0, 0.1) is 11.3 Å². The summed E-state index contributed by atoms with van der Waals surface area (Å²) >= 11 is 0. The van der Waals surface area contributed by atoms with Gasteiger partial charge in [0.15, 0.2) is 0 Å². The molecule has 0 heterocycles. The predicted molar refractivity (Wildman–Crippen MR) is 74.1 cm³/mol. The Kier molecular flexibility index (Phi) is 6.79. The van der Waals surface area contributed by atoms with Crippen LogP contribution < -0.4 is 10.6 Å². The van der Waals surface area contributed by atoms with Crippen LogP contribution in [0.15, 0.2) is 24.3 Å². The number of hydrogen-bond acceptors (Lipinski definition) is 4. The van der Waals surface area contributed by atoms with E-state index in [0.29, 0.717) is 37.2 Å². The SMILES string of the molecule is N#Cc1ccc(NC(=O)CCNCCCC(=O)O)cc1. The van der Waals surface area contributed by atoms with Crippen LogP contribution in [-0.4, -0.2) is 30.1 Å². The molecule has 0 saturated carbocycles. The second-order valence-corrected chi connectivity index (χ2v) is 4.23. The molecule has 6 nitrogen and oxygen atoms in total.